The molecule has 206 valence electrons. The van der Waals surface area contributed by atoms with Crippen LogP contribution in [0.3, 0.4) is 0 Å². The summed E-state index contributed by atoms with van der Waals surface area (Å²) in [7, 11) is 0. The molecule has 5 N–H and O–H groups in total. The van der Waals surface area contributed by atoms with Crippen LogP contribution in [0.2, 0.25) is 0 Å². The lowest BCUT2D eigenvalue weighted by Gasteiger charge is -2.38. The van der Waals surface area contributed by atoms with Crippen LogP contribution in [0.25, 0.3) is 5.70 Å². The molecule has 0 amide bonds. The number of pyridine rings is 2. The average molecular weight is 530 g/mol. The van der Waals surface area contributed by atoms with Crippen LogP contribution >= 0.6 is 0 Å². The average Bonchev–Trinajstić information content (AvgIpc) is 2.90. The highest BCUT2D eigenvalue weighted by Gasteiger charge is 2.23. The van der Waals surface area contributed by atoms with E-state index >= 15 is 0 Å². The first-order valence-corrected chi connectivity index (χ1v) is 13.6. The number of anilines is 5. The van der Waals surface area contributed by atoms with Crippen molar-refractivity contribution in [2.24, 2.45) is 0 Å². The van der Waals surface area contributed by atoms with E-state index in [4.69, 9.17) is 0 Å². The molecule has 9 heteroatoms. The summed E-state index contributed by atoms with van der Waals surface area (Å²) in [6.07, 6.45) is 5.52. The summed E-state index contributed by atoms with van der Waals surface area (Å²) in [5, 5.41) is 20.3. The fourth-order valence-corrected chi connectivity index (χ4v) is 5.41. The van der Waals surface area contributed by atoms with Crippen molar-refractivity contribution >= 4 is 34.1 Å². The monoisotopic (exact) mass is 529 g/mol. The molecule has 0 bridgehead atoms. The van der Waals surface area contributed by atoms with Crippen molar-refractivity contribution < 1.29 is 5.11 Å². The van der Waals surface area contributed by atoms with Crippen molar-refractivity contribution in [1.29, 1.82) is 0 Å². The number of aromatic nitrogens is 2. The molecule has 0 unspecified atom stereocenters. The number of benzene rings is 1. The Morgan fingerprint density at radius 3 is 2.59 bits per heavy atom. The molecule has 3 aromatic rings. The molecule has 0 saturated carbocycles. The standard InChI is InChI=1S/C30H39N7O2/c1-20-26(18-33-25-6-5-12-31-28(20)25)35-24-11-13-32-29(38)27(24)21(2)34-22-7-9-23(10-8-22)37-16-14-36(15-17-37)19-30(3,4)39/h7-11,13,18,31,34,39H,2,5-6,12,14-17,19H2,1,3-4H3,(H2,32,35,38). The third-order valence-corrected chi connectivity index (χ3v) is 7.35. The van der Waals surface area contributed by atoms with Crippen LogP contribution in [0.1, 0.15) is 37.1 Å². The summed E-state index contributed by atoms with van der Waals surface area (Å²) in [5.41, 5.74) is 6.83. The fraction of sp³-hybridized carbons (Fsp3) is 0.400. The number of aliphatic hydroxyl groups is 1. The van der Waals surface area contributed by atoms with Gasteiger partial charge in [0, 0.05) is 62.5 Å². The molecule has 4 heterocycles. The van der Waals surface area contributed by atoms with Crippen LogP contribution in [0, 0.1) is 6.92 Å². The quantitative estimate of drug-likeness (QED) is 0.296. The van der Waals surface area contributed by atoms with Gasteiger partial charge in [-0.15, -0.1) is 0 Å². The molecule has 1 aromatic carbocycles. The SMILES string of the molecule is C=C(Nc1ccc(N2CCN(CC(C)(C)O)CC2)cc1)c1c(Nc2cnc3c(c2C)NCCC3)cc[nH]c1=O. The summed E-state index contributed by atoms with van der Waals surface area (Å²) < 4.78 is 0. The molecule has 2 aliphatic heterocycles. The van der Waals surface area contributed by atoms with Crippen molar-refractivity contribution in [3.05, 3.63) is 76.5 Å². The van der Waals surface area contributed by atoms with Crippen LogP contribution in [0.5, 0.6) is 0 Å². The lowest BCUT2D eigenvalue weighted by molar-refractivity contribution is 0.0345. The van der Waals surface area contributed by atoms with Crippen molar-refractivity contribution in [1.82, 2.24) is 14.9 Å². The van der Waals surface area contributed by atoms with Crippen LogP contribution in [-0.2, 0) is 6.42 Å². The van der Waals surface area contributed by atoms with Crippen LogP contribution in [0.15, 0.2) is 54.1 Å². The Labute approximate surface area is 230 Å². The van der Waals surface area contributed by atoms with Crippen LogP contribution < -0.4 is 26.4 Å². The van der Waals surface area contributed by atoms with Crippen molar-refractivity contribution in [3.63, 3.8) is 0 Å². The molecule has 0 atom stereocenters. The van der Waals surface area contributed by atoms with Gasteiger partial charge >= 0.3 is 0 Å². The molecule has 1 saturated heterocycles. The first-order chi connectivity index (χ1) is 18.7. The Bertz CT molecular complexity index is 1380. The minimum absolute atomic E-state index is 0.222. The summed E-state index contributed by atoms with van der Waals surface area (Å²) in [5.74, 6) is 0. The largest absolute Gasteiger partial charge is 0.389 e. The van der Waals surface area contributed by atoms with E-state index in [0.717, 1.165) is 79.6 Å². The van der Waals surface area contributed by atoms with Gasteiger partial charge in [0.2, 0.25) is 0 Å². The number of nitrogens with zero attached hydrogens (tertiary/aromatic N) is 3. The highest BCUT2D eigenvalue weighted by atomic mass is 16.3. The van der Waals surface area contributed by atoms with Crippen molar-refractivity contribution in [2.45, 2.75) is 39.2 Å². The van der Waals surface area contributed by atoms with E-state index in [2.05, 4.69) is 61.4 Å². The summed E-state index contributed by atoms with van der Waals surface area (Å²) in [6.45, 7) is 15.2. The maximum atomic E-state index is 12.9. The smallest absolute Gasteiger partial charge is 0.259 e. The first-order valence-electron chi connectivity index (χ1n) is 13.6. The number of hydrogen-bond donors (Lipinski definition) is 5. The number of aromatic amines is 1. The molecule has 5 rings (SSSR count). The second-order valence-electron chi connectivity index (χ2n) is 11.1. The number of fused-ring (bicyclic) bond motifs is 1. The van der Waals surface area contributed by atoms with Gasteiger partial charge in [-0.2, -0.15) is 0 Å². The Balaban J connectivity index is 1.27. The number of nitrogens with one attached hydrogen (secondary N) is 4. The van der Waals surface area contributed by atoms with E-state index in [1.54, 1.807) is 6.20 Å². The van der Waals surface area contributed by atoms with E-state index in [1.807, 2.05) is 38.2 Å². The minimum atomic E-state index is -0.679. The molecular formula is C30H39N7O2. The zero-order chi connectivity index (χ0) is 27.6. The molecule has 2 aromatic heterocycles. The molecule has 0 spiro atoms. The van der Waals surface area contributed by atoms with Crippen molar-refractivity contribution in [2.75, 3.05) is 60.1 Å². The first kappa shape index (κ1) is 26.8. The zero-order valence-electron chi connectivity index (χ0n) is 23.1. The molecule has 0 aliphatic carbocycles. The molecule has 1 fully saturated rings. The van der Waals surface area contributed by atoms with Gasteiger partial charge in [0.05, 0.1) is 40.1 Å². The maximum Gasteiger partial charge on any atom is 0.259 e. The van der Waals surface area contributed by atoms with E-state index < -0.39 is 5.60 Å². The number of aryl methyl sites for hydroxylation is 1. The van der Waals surface area contributed by atoms with Gasteiger partial charge in [-0.1, -0.05) is 6.58 Å². The van der Waals surface area contributed by atoms with Gasteiger partial charge in [-0.25, -0.2) is 0 Å². The lowest BCUT2D eigenvalue weighted by Crippen LogP contribution is -2.50. The van der Waals surface area contributed by atoms with E-state index in [9.17, 15) is 9.90 Å². The Morgan fingerprint density at radius 1 is 1.13 bits per heavy atom. The Kier molecular flexibility index (Phi) is 7.63. The topological polar surface area (TPSA) is 109 Å². The maximum absolute atomic E-state index is 12.9. The second-order valence-corrected chi connectivity index (χ2v) is 11.1. The highest BCUT2D eigenvalue weighted by Crippen LogP contribution is 2.32. The summed E-state index contributed by atoms with van der Waals surface area (Å²) in [6, 6.07) is 10.0. The van der Waals surface area contributed by atoms with Crippen LogP contribution in [-0.4, -0.2) is 64.8 Å². The minimum Gasteiger partial charge on any atom is -0.389 e. The molecule has 2 aliphatic rings. The Morgan fingerprint density at radius 2 is 1.87 bits per heavy atom. The van der Waals surface area contributed by atoms with Crippen molar-refractivity contribution in [3.8, 4) is 0 Å². The zero-order valence-corrected chi connectivity index (χ0v) is 23.1. The lowest BCUT2D eigenvalue weighted by atomic mass is 10.0. The summed E-state index contributed by atoms with van der Waals surface area (Å²) >= 11 is 0. The number of hydrogen-bond acceptors (Lipinski definition) is 8. The van der Waals surface area contributed by atoms with E-state index in [0.29, 0.717) is 23.5 Å². The number of piperazine rings is 1. The number of rotatable bonds is 8. The van der Waals surface area contributed by atoms with E-state index in [1.165, 1.54) is 0 Å². The van der Waals surface area contributed by atoms with Gasteiger partial charge in [0.25, 0.3) is 5.56 Å². The summed E-state index contributed by atoms with van der Waals surface area (Å²) in [4.78, 5) is 25.0. The number of β-amino-alcohol motifs (C(OH)–C–C–N with tert-alkyl or cyclic N) is 1. The second kappa shape index (κ2) is 11.1. The predicted octanol–water partition coefficient (Wildman–Crippen LogP) is 4.16. The Hall–Kier alpha value is -3.82. The fourth-order valence-electron chi connectivity index (χ4n) is 5.41. The normalized spacial score (nSPS) is 15.8. The van der Waals surface area contributed by atoms with Gasteiger partial charge in [-0.05, 0) is 69.5 Å². The molecule has 0 radical (unpaired) electrons. The molecule has 9 nitrogen and oxygen atoms in total. The number of H-pyrrole nitrogens is 1. The predicted molar refractivity (Wildman–Crippen MR) is 160 cm³/mol. The van der Waals surface area contributed by atoms with Gasteiger partial charge in [0.1, 0.15) is 0 Å². The van der Waals surface area contributed by atoms with Crippen LogP contribution in [0.4, 0.5) is 28.4 Å². The third kappa shape index (κ3) is 6.26. The molecule has 39 heavy (non-hydrogen) atoms. The van der Waals surface area contributed by atoms with Gasteiger partial charge < -0.3 is 30.9 Å². The third-order valence-electron chi connectivity index (χ3n) is 7.35. The highest BCUT2D eigenvalue weighted by molar-refractivity contribution is 5.84. The van der Waals surface area contributed by atoms with Gasteiger partial charge in [-0.3, -0.25) is 14.7 Å². The molecular weight excluding hydrogens is 490 g/mol. The van der Waals surface area contributed by atoms with Gasteiger partial charge in [0.15, 0.2) is 0 Å². The van der Waals surface area contributed by atoms with E-state index in [-0.39, 0.29) is 5.56 Å².